The zero-order valence-corrected chi connectivity index (χ0v) is 30.1. The number of aromatic nitrogens is 10. The van der Waals surface area contributed by atoms with E-state index in [1.807, 2.05) is 60.7 Å². The average Bonchev–Trinajstić information content (AvgIpc) is 3.70. The molecule has 8 aromatic heterocycles. The van der Waals surface area contributed by atoms with Gasteiger partial charge < -0.3 is 4.98 Å². The molecule has 10 nitrogen and oxygen atoms in total. The van der Waals surface area contributed by atoms with Crippen LogP contribution in [-0.4, -0.2) is 49.8 Å². The SMILES string of the molecule is [Ru+2].c1cnc2c(c1)c1nc3cc4ncnc4cc3[nH]c1c1cccnc12.c1cnc2c(c1)ccc1cccnc12.c1cnc2c(c1)ccc1cccnc12. The van der Waals surface area contributed by atoms with Crippen molar-refractivity contribution in [3.8, 4) is 0 Å². The summed E-state index contributed by atoms with van der Waals surface area (Å²) in [7, 11) is 0. The van der Waals surface area contributed by atoms with Gasteiger partial charge in [0.1, 0.15) is 6.33 Å². The zero-order valence-electron chi connectivity index (χ0n) is 28.3. The van der Waals surface area contributed by atoms with Gasteiger partial charge in [-0.25, -0.2) is 15.0 Å². The van der Waals surface area contributed by atoms with Crippen LogP contribution in [0.15, 0.2) is 153 Å². The van der Waals surface area contributed by atoms with Crippen molar-refractivity contribution in [3.05, 3.63) is 153 Å². The van der Waals surface area contributed by atoms with Crippen molar-refractivity contribution in [2.24, 2.45) is 0 Å². The molecule has 11 heteroatoms. The van der Waals surface area contributed by atoms with Gasteiger partial charge in [-0.2, -0.15) is 0 Å². The minimum Gasteiger partial charge on any atom is -0.351 e. The van der Waals surface area contributed by atoms with Crippen molar-refractivity contribution in [3.63, 3.8) is 0 Å². The molecule has 0 bridgehead atoms. The Labute approximate surface area is 319 Å². The third-order valence-corrected chi connectivity index (χ3v) is 9.27. The van der Waals surface area contributed by atoms with Crippen LogP contribution < -0.4 is 0 Å². The molecule has 0 fully saturated rings. The van der Waals surface area contributed by atoms with Crippen molar-refractivity contribution in [2.75, 3.05) is 0 Å². The molecule has 1 N–H and O–H groups in total. The summed E-state index contributed by atoms with van der Waals surface area (Å²) in [4.78, 5) is 43.5. The fourth-order valence-electron chi connectivity index (χ4n) is 6.82. The maximum absolute atomic E-state index is 4.92. The summed E-state index contributed by atoms with van der Waals surface area (Å²) in [5.41, 5.74) is 11.0. The Morgan fingerprint density at radius 3 is 1.26 bits per heavy atom. The van der Waals surface area contributed by atoms with Crippen molar-refractivity contribution in [2.45, 2.75) is 0 Å². The molecule has 0 radical (unpaired) electrons. The van der Waals surface area contributed by atoms with Crippen LogP contribution in [0.3, 0.4) is 0 Å². The van der Waals surface area contributed by atoms with Gasteiger partial charge in [0.25, 0.3) is 0 Å². The van der Waals surface area contributed by atoms with Gasteiger partial charge in [0.15, 0.2) is 0 Å². The van der Waals surface area contributed by atoms with Gasteiger partial charge in [-0.15, -0.1) is 0 Å². The molecule has 0 atom stereocenters. The molecular formula is C43H26N10Ru+2. The maximum Gasteiger partial charge on any atom is 2.00 e. The molecule has 54 heavy (non-hydrogen) atoms. The Kier molecular flexibility index (Phi) is 8.45. The van der Waals surface area contributed by atoms with Gasteiger partial charge >= 0.3 is 19.5 Å². The van der Waals surface area contributed by atoms with E-state index in [0.717, 1.165) is 98.5 Å². The number of H-pyrrole nitrogens is 1. The van der Waals surface area contributed by atoms with Crippen LogP contribution in [0.2, 0.25) is 0 Å². The molecular weight excluding hydrogens is 758 g/mol. The monoisotopic (exact) mass is 784 g/mol. The Morgan fingerprint density at radius 2 is 0.759 bits per heavy atom. The summed E-state index contributed by atoms with van der Waals surface area (Å²) >= 11 is 0. The standard InChI is InChI=1S/C19H10N6.2C12H8N2.Ru/c1-3-10-16(20-5-1)17-11(4-2-6-21-17)19-18(10)24-14-7-12-13(23-9-22-12)8-15(14)25-19;2*1-3-9-5-6-10-4-2-8-14-12(10)11(9)13-7-1;/h1-9,24H;2*1-8H;/q;;;+2. The number of fused-ring (bicyclic) bond motifs is 14. The number of hydrogen-bond acceptors (Lipinski definition) is 9. The van der Waals surface area contributed by atoms with E-state index in [9.17, 15) is 0 Å². The van der Waals surface area contributed by atoms with E-state index in [1.165, 1.54) is 0 Å². The minimum atomic E-state index is 0. The number of hydrogen-bond donors (Lipinski definition) is 1. The van der Waals surface area contributed by atoms with Gasteiger partial charge in [0.05, 0.1) is 66.2 Å². The minimum absolute atomic E-state index is 0. The molecule has 0 aliphatic rings. The summed E-state index contributed by atoms with van der Waals surface area (Å²) in [6.07, 6.45) is 12.4. The summed E-state index contributed by atoms with van der Waals surface area (Å²) in [5, 5.41) is 6.54. The van der Waals surface area contributed by atoms with Crippen LogP contribution in [0.5, 0.6) is 0 Å². The summed E-state index contributed by atoms with van der Waals surface area (Å²) in [5.74, 6) is 0. The van der Waals surface area contributed by atoms with Crippen LogP contribution >= 0.6 is 0 Å². The molecule has 0 unspecified atom stereocenters. The third-order valence-electron chi connectivity index (χ3n) is 9.27. The van der Waals surface area contributed by atoms with Crippen molar-refractivity contribution in [1.82, 2.24) is 49.8 Å². The molecule has 4 aromatic carbocycles. The molecule has 0 amide bonds. The van der Waals surface area contributed by atoms with Crippen LogP contribution in [-0.2, 0) is 19.5 Å². The number of aromatic amines is 1. The largest absolute Gasteiger partial charge is 2.00 e. The molecule has 12 rings (SSSR count). The molecule has 0 saturated heterocycles. The van der Waals surface area contributed by atoms with Crippen LogP contribution in [0, 0.1) is 0 Å². The van der Waals surface area contributed by atoms with Gasteiger partial charge in [-0.3, -0.25) is 29.9 Å². The van der Waals surface area contributed by atoms with E-state index in [2.05, 4.69) is 93.4 Å². The first kappa shape index (κ1) is 32.9. The molecule has 0 spiro atoms. The summed E-state index contributed by atoms with van der Waals surface area (Å²) in [6, 6.07) is 36.2. The zero-order chi connectivity index (χ0) is 35.1. The molecule has 0 saturated carbocycles. The number of benzene rings is 4. The van der Waals surface area contributed by atoms with E-state index >= 15 is 0 Å². The average molecular weight is 784 g/mol. The molecule has 0 aliphatic heterocycles. The third kappa shape index (κ3) is 5.77. The quantitative estimate of drug-likeness (QED) is 0.0908. The predicted octanol–water partition coefficient (Wildman–Crippen LogP) is 9.32. The number of rotatable bonds is 0. The number of nitrogens with zero attached hydrogens (tertiary/aromatic N) is 9. The first-order valence-electron chi connectivity index (χ1n) is 17.0. The van der Waals surface area contributed by atoms with Crippen LogP contribution in [0.4, 0.5) is 0 Å². The van der Waals surface area contributed by atoms with Crippen molar-refractivity contribution in [1.29, 1.82) is 0 Å². The van der Waals surface area contributed by atoms with Crippen LogP contribution in [0.25, 0.3) is 98.5 Å². The van der Waals surface area contributed by atoms with E-state index in [1.54, 1.807) is 43.5 Å². The second-order valence-electron chi connectivity index (χ2n) is 12.4. The molecule has 254 valence electrons. The van der Waals surface area contributed by atoms with Gasteiger partial charge in [-0.05, 0) is 60.7 Å². The van der Waals surface area contributed by atoms with E-state index in [-0.39, 0.29) is 19.5 Å². The molecule has 0 aliphatic carbocycles. The second-order valence-corrected chi connectivity index (χ2v) is 12.4. The molecule has 8 heterocycles. The summed E-state index contributed by atoms with van der Waals surface area (Å²) < 4.78 is 0. The summed E-state index contributed by atoms with van der Waals surface area (Å²) in [6.45, 7) is 0. The fraction of sp³-hybridized carbons (Fsp3) is 0. The van der Waals surface area contributed by atoms with E-state index in [0.29, 0.717) is 0 Å². The predicted molar refractivity (Wildman–Crippen MR) is 211 cm³/mol. The number of imidazole rings is 1. The topological polar surface area (TPSA) is 132 Å². The van der Waals surface area contributed by atoms with Gasteiger partial charge in [-0.1, -0.05) is 48.5 Å². The first-order valence-corrected chi connectivity index (χ1v) is 17.0. The van der Waals surface area contributed by atoms with Gasteiger partial charge in [0, 0.05) is 69.5 Å². The number of pyridine rings is 6. The normalized spacial score (nSPS) is 11.2. The van der Waals surface area contributed by atoms with E-state index in [4.69, 9.17) is 4.98 Å². The second kappa shape index (κ2) is 13.9. The van der Waals surface area contributed by atoms with Crippen molar-refractivity contribution < 1.29 is 19.5 Å². The molecule has 12 aromatic rings. The Balaban J connectivity index is 0.000000114. The smallest absolute Gasteiger partial charge is 0.351 e. The Morgan fingerprint density at radius 1 is 0.352 bits per heavy atom. The van der Waals surface area contributed by atoms with Crippen molar-refractivity contribution >= 4 is 98.5 Å². The van der Waals surface area contributed by atoms with Crippen LogP contribution in [0.1, 0.15) is 0 Å². The Hall–Kier alpha value is -6.97. The van der Waals surface area contributed by atoms with E-state index < -0.39 is 0 Å². The maximum atomic E-state index is 4.92. The fourth-order valence-corrected chi connectivity index (χ4v) is 6.82. The number of nitrogens with one attached hydrogen (secondary N) is 1. The first-order chi connectivity index (χ1) is 26.3. The Bertz CT molecular complexity index is 3000. The van der Waals surface area contributed by atoms with Gasteiger partial charge in [0.2, 0.25) is 0 Å².